The molecule has 1 fully saturated rings. The number of piperazine rings is 1. The first-order valence-corrected chi connectivity index (χ1v) is 11.6. The summed E-state index contributed by atoms with van der Waals surface area (Å²) in [7, 11) is 0. The first-order chi connectivity index (χ1) is 16.2. The van der Waals surface area contributed by atoms with Crippen LogP contribution in [-0.4, -0.2) is 56.9 Å². The highest BCUT2D eigenvalue weighted by atomic mass is 32.1. The zero-order valence-corrected chi connectivity index (χ0v) is 19.0. The molecule has 0 bridgehead atoms. The summed E-state index contributed by atoms with van der Waals surface area (Å²) in [5, 5.41) is 4.07. The number of benzene rings is 1. The molecule has 1 aliphatic heterocycles. The molecule has 4 heterocycles. The second-order valence-electron chi connectivity index (χ2n) is 7.68. The molecular formula is C24H23N7OS. The number of aromatic nitrogens is 4. The Labute approximate surface area is 196 Å². The molecule has 1 aliphatic rings. The molecule has 4 aromatic rings. The lowest BCUT2D eigenvalue weighted by Crippen LogP contribution is -2.49. The molecule has 1 aromatic carbocycles. The van der Waals surface area contributed by atoms with Crippen LogP contribution in [0.4, 0.5) is 17.5 Å². The largest absolute Gasteiger partial charge is 0.353 e. The van der Waals surface area contributed by atoms with Crippen molar-refractivity contribution in [2.75, 3.05) is 36.4 Å². The van der Waals surface area contributed by atoms with Crippen LogP contribution in [0.1, 0.15) is 15.4 Å². The number of amides is 1. The van der Waals surface area contributed by atoms with Crippen LogP contribution in [0.5, 0.6) is 0 Å². The summed E-state index contributed by atoms with van der Waals surface area (Å²) in [5.74, 6) is 2.29. The van der Waals surface area contributed by atoms with Crippen molar-refractivity contribution in [2.45, 2.75) is 6.92 Å². The number of rotatable bonds is 5. The van der Waals surface area contributed by atoms with E-state index < -0.39 is 0 Å². The van der Waals surface area contributed by atoms with Gasteiger partial charge in [0.1, 0.15) is 33.7 Å². The lowest BCUT2D eigenvalue weighted by atomic mass is 10.2. The first kappa shape index (κ1) is 21.0. The van der Waals surface area contributed by atoms with E-state index in [4.69, 9.17) is 0 Å². The average molecular weight is 458 g/mol. The molecule has 5 rings (SSSR count). The van der Waals surface area contributed by atoms with Crippen molar-refractivity contribution < 1.29 is 4.79 Å². The number of hydrogen-bond acceptors (Lipinski definition) is 8. The molecule has 1 amide bonds. The minimum Gasteiger partial charge on any atom is -0.353 e. The van der Waals surface area contributed by atoms with Crippen molar-refractivity contribution in [1.29, 1.82) is 0 Å². The molecule has 1 N–H and O–H groups in total. The molecule has 0 saturated carbocycles. The van der Waals surface area contributed by atoms with Crippen molar-refractivity contribution in [2.24, 2.45) is 0 Å². The summed E-state index contributed by atoms with van der Waals surface area (Å²) in [6.07, 6.45) is 3.28. The van der Waals surface area contributed by atoms with Gasteiger partial charge in [-0.1, -0.05) is 36.4 Å². The van der Waals surface area contributed by atoms with Crippen LogP contribution in [-0.2, 0) is 0 Å². The van der Waals surface area contributed by atoms with E-state index in [1.807, 2.05) is 66.4 Å². The summed E-state index contributed by atoms with van der Waals surface area (Å²) >= 11 is 1.46. The van der Waals surface area contributed by atoms with Crippen LogP contribution < -0.4 is 10.2 Å². The van der Waals surface area contributed by atoms with Crippen LogP contribution in [0, 0.1) is 6.92 Å². The van der Waals surface area contributed by atoms with Gasteiger partial charge in [-0.15, -0.1) is 11.3 Å². The maximum Gasteiger partial charge on any atom is 0.265 e. The van der Waals surface area contributed by atoms with E-state index >= 15 is 0 Å². The maximum atomic E-state index is 13.2. The van der Waals surface area contributed by atoms with Gasteiger partial charge in [0.25, 0.3) is 5.91 Å². The topological polar surface area (TPSA) is 87.1 Å². The fraction of sp³-hybridized carbons (Fsp3) is 0.208. The Balaban J connectivity index is 1.24. The Morgan fingerprint density at radius 1 is 0.939 bits per heavy atom. The number of nitrogens with one attached hydrogen (secondary N) is 1. The molecule has 0 unspecified atom stereocenters. The predicted molar refractivity (Wildman–Crippen MR) is 130 cm³/mol. The smallest absolute Gasteiger partial charge is 0.265 e. The molecule has 166 valence electrons. The summed E-state index contributed by atoms with van der Waals surface area (Å²) in [6.45, 7) is 4.57. The summed E-state index contributed by atoms with van der Waals surface area (Å²) < 4.78 is 0. The Kier molecular flexibility index (Phi) is 5.95. The zero-order valence-electron chi connectivity index (χ0n) is 18.2. The van der Waals surface area contributed by atoms with Crippen molar-refractivity contribution >= 4 is 34.7 Å². The number of anilines is 3. The van der Waals surface area contributed by atoms with E-state index in [2.05, 4.69) is 30.2 Å². The number of pyridine rings is 1. The van der Waals surface area contributed by atoms with Crippen LogP contribution in [0.3, 0.4) is 0 Å². The highest BCUT2D eigenvalue weighted by molar-refractivity contribution is 7.17. The van der Waals surface area contributed by atoms with Gasteiger partial charge in [-0.3, -0.25) is 4.79 Å². The molecule has 8 nitrogen and oxygen atoms in total. The van der Waals surface area contributed by atoms with Crippen LogP contribution in [0.2, 0.25) is 0 Å². The third-order valence-electron chi connectivity index (χ3n) is 5.48. The molecule has 3 aromatic heterocycles. The number of hydrogen-bond donors (Lipinski definition) is 1. The molecular weight excluding hydrogens is 434 g/mol. The van der Waals surface area contributed by atoms with Crippen molar-refractivity contribution in [3.05, 3.63) is 77.7 Å². The lowest BCUT2D eigenvalue weighted by Gasteiger charge is -2.35. The normalized spacial score (nSPS) is 13.7. The fourth-order valence-corrected chi connectivity index (χ4v) is 4.78. The Bertz CT molecular complexity index is 1240. The van der Waals surface area contributed by atoms with Gasteiger partial charge in [-0.25, -0.2) is 19.9 Å². The Hall–Kier alpha value is -3.85. The van der Waals surface area contributed by atoms with E-state index in [-0.39, 0.29) is 5.91 Å². The molecule has 9 heteroatoms. The second kappa shape index (κ2) is 9.33. The van der Waals surface area contributed by atoms with Gasteiger partial charge in [-0.2, -0.15) is 0 Å². The number of aryl methyl sites for hydroxylation is 1. The quantitative estimate of drug-likeness (QED) is 0.484. The van der Waals surface area contributed by atoms with Crippen molar-refractivity contribution in [3.63, 3.8) is 0 Å². The zero-order chi connectivity index (χ0) is 22.6. The van der Waals surface area contributed by atoms with E-state index in [9.17, 15) is 4.79 Å². The van der Waals surface area contributed by atoms with E-state index in [1.165, 1.54) is 11.3 Å². The third kappa shape index (κ3) is 4.68. The molecule has 0 aliphatic carbocycles. The second-order valence-corrected chi connectivity index (χ2v) is 8.68. The number of nitrogens with zero attached hydrogens (tertiary/aromatic N) is 6. The van der Waals surface area contributed by atoms with Gasteiger partial charge < -0.3 is 15.1 Å². The van der Waals surface area contributed by atoms with E-state index in [1.54, 1.807) is 12.5 Å². The van der Waals surface area contributed by atoms with Crippen molar-refractivity contribution in [3.8, 4) is 10.6 Å². The Morgan fingerprint density at radius 2 is 1.73 bits per heavy atom. The monoisotopic (exact) mass is 457 g/mol. The molecule has 1 saturated heterocycles. The first-order valence-electron chi connectivity index (χ1n) is 10.7. The summed E-state index contributed by atoms with van der Waals surface area (Å²) in [4.78, 5) is 35.6. The van der Waals surface area contributed by atoms with Crippen LogP contribution in [0.15, 0.2) is 67.1 Å². The minimum atomic E-state index is 0.0482. The fourth-order valence-electron chi connectivity index (χ4n) is 3.74. The maximum absolute atomic E-state index is 13.2. The van der Waals surface area contributed by atoms with Crippen LogP contribution in [0.25, 0.3) is 10.6 Å². The molecule has 0 spiro atoms. The predicted octanol–water partition coefficient (Wildman–Crippen LogP) is 4.01. The summed E-state index contributed by atoms with van der Waals surface area (Å²) in [6, 6.07) is 17.6. The van der Waals surface area contributed by atoms with Gasteiger partial charge >= 0.3 is 0 Å². The highest BCUT2D eigenvalue weighted by Gasteiger charge is 2.26. The van der Waals surface area contributed by atoms with Gasteiger partial charge in [0.2, 0.25) is 0 Å². The average Bonchev–Trinajstić information content (AvgIpc) is 3.26. The van der Waals surface area contributed by atoms with E-state index in [0.29, 0.717) is 36.9 Å². The minimum absolute atomic E-state index is 0.0482. The third-order valence-corrected chi connectivity index (χ3v) is 6.67. The van der Waals surface area contributed by atoms with Gasteiger partial charge in [0, 0.05) is 44.0 Å². The molecule has 0 atom stereocenters. The van der Waals surface area contributed by atoms with Gasteiger partial charge in [-0.05, 0) is 19.1 Å². The lowest BCUT2D eigenvalue weighted by molar-refractivity contribution is 0.0750. The Morgan fingerprint density at radius 3 is 2.48 bits per heavy atom. The van der Waals surface area contributed by atoms with Crippen molar-refractivity contribution in [1.82, 2.24) is 24.8 Å². The number of carbonyl (C=O) groups excluding carboxylic acids is 1. The highest BCUT2D eigenvalue weighted by Crippen LogP contribution is 2.29. The summed E-state index contributed by atoms with van der Waals surface area (Å²) in [5.41, 5.74) is 1.82. The van der Waals surface area contributed by atoms with Crippen LogP contribution >= 0.6 is 11.3 Å². The standard InChI is InChI=1S/C24H23N7OS/c1-17-22(33-23(28-17)18-7-3-2-4-8-18)24(32)31-13-11-30(12-14-31)21-15-20(26-16-27-21)29-19-9-5-6-10-25-19/h2-10,15-16H,11-14H2,1H3,(H,25,26,27,29). The van der Waals surface area contributed by atoms with E-state index in [0.717, 1.165) is 27.9 Å². The SMILES string of the molecule is Cc1nc(-c2ccccc2)sc1C(=O)N1CCN(c2cc(Nc3ccccn3)ncn2)CC1. The number of thiazole rings is 1. The molecule has 33 heavy (non-hydrogen) atoms. The molecule has 0 radical (unpaired) electrons. The van der Waals surface area contributed by atoms with Gasteiger partial charge in [0.15, 0.2) is 0 Å². The van der Waals surface area contributed by atoms with Gasteiger partial charge in [0.05, 0.1) is 5.69 Å². The number of carbonyl (C=O) groups is 1.